The highest BCUT2D eigenvalue weighted by Gasteiger charge is 2.26. The summed E-state index contributed by atoms with van der Waals surface area (Å²) in [5, 5.41) is 4.16. The van der Waals surface area contributed by atoms with Gasteiger partial charge in [0.1, 0.15) is 0 Å². The molecule has 1 N–H and O–H groups in total. The lowest BCUT2D eigenvalue weighted by atomic mass is 10.3. The predicted molar refractivity (Wildman–Crippen MR) is 67.0 cm³/mol. The van der Waals surface area contributed by atoms with Crippen molar-refractivity contribution in [1.82, 2.24) is 15.1 Å². The Labute approximate surface area is 97.8 Å². The van der Waals surface area contributed by atoms with Crippen LogP contribution in [0.1, 0.15) is 19.8 Å². The first-order chi connectivity index (χ1) is 7.29. The Balaban J connectivity index is 1.68. The van der Waals surface area contributed by atoms with Crippen molar-refractivity contribution in [3.05, 3.63) is 0 Å². The number of piperazine rings is 1. The van der Waals surface area contributed by atoms with Gasteiger partial charge in [0, 0.05) is 39.3 Å². The number of nitrogens with one attached hydrogen (secondary N) is 1. The first-order valence-electron chi connectivity index (χ1n) is 6.04. The maximum Gasteiger partial charge on any atom is 0.169 e. The van der Waals surface area contributed by atoms with Crippen LogP contribution in [-0.2, 0) is 0 Å². The fraction of sp³-hybridized carbons (Fsp3) is 0.909. The molecular formula is C11H21N3S. The van der Waals surface area contributed by atoms with Crippen molar-refractivity contribution in [2.75, 3.05) is 39.3 Å². The van der Waals surface area contributed by atoms with E-state index >= 15 is 0 Å². The molecule has 0 aromatic carbocycles. The first-order valence-corrected chi connectivity index (χ1v) is 6.45. The highest BCUT2D eigenvalue weighted by molar-refractivity contribution is 7.80. The molecule has 2 fully saturated rings. The molecule has 1 saturated heterocycles. The molecule has 1 aliphatic carbocycles. The molecule has 0 aromatic heterocycles. The molecule has 3 nitrogen and oxygen atoms in total. The van der Waals surface area contributed by atoms with Crippen molar-refractivity contribution >= 4 is 17.3 Å². The molecular weight excluding hydrogens is 206 g/mol. The van der Waals surface area contributed by atoms with Gasteiger partial charge in [-0.2, -0.15) is 0 Å². The van der Waals surface area contributed by atoms with E-state index in [0.717, 1.165) is 30.7 Å². The van der Waals surface area contributed by atoms with Crippen molar-refractivity contribution in [3.63, 3.8) is 0 Å². The van der Waals surface area contributed by atoms with E-state index in [-0.39, 0.29) is 0 Å². The van der Waals surface area contributed by atoms with Crippen LogP contribution in [0.5, 0.6) is 0 Å². The van der Waals surface area contributed by atoms with E-state index < -0.39 is 0 Å². The largest absolute Gasteiger partial charge is 0.363 e. The lowest BCUT2D eigenvalue weighted by Gasteiger charge is -2.36. The second kappa shape index (κ2) is 5.12. The van der Waals surface area contributed by atoms with Crippen LogP contribution < -0.4 is 5.32 Å². The second-order valence-corrected chi connectivity index (χ2v) is 4.95. The van der Waals surface area contributed by atoms with Gasteiger partial charge in [-0.05, 0) is 37.9 Å². The van der Waals surface area contributed by atoms with Gasteiger partial charge in [0.2, 0.25) is 0 Å². The van der Waals surface area contributed by atoms with Crippen LogP contribution in [0.2, 0.25) is 0 Å². The second-order valence-electron chi connectivity index (χ2n) is 4.57. The molecule has 1 saturated carbocycles. The average Bonchev–Trinajstić information content (AvgIpc) is 3.03. The van der Waals surface area contributed by atoms with E-state index in [0.29, 0.717) is 0 Å². The van der Waals surface area contributed by atoms with Crippen LogP contribution in [0.15, 0.2) is 0 Å². The van der Waals surface area contributed by atoms with Crippen LogP contribution in [0.4, 0.5) is 0 Å². The minimum atomic E-state index is 0.932. The van der Waals surface area contributed by atoms with E-state index in [1.54, 1.807) is 0 Å². The lowest BCUT2D eigenvalue weighted by Crippen LogP contribution is -2.51. The number of thiocarbonyl (C=S) groups is 1. The van der Waals surface area contributed by atoms with Gasteiger partial charge in [-0.1, -0.05) is 0 Å². The Morgan fingerprint density at radius 1 is 1.27 bits per heavy atom. The average molecular weight is 227 g/mol. The number of hydrogen-bond donors (Lipinski definition) is 1. The van der Waals surface area contributed by atoms with Gasteiger partial charge in [-0.15, -0.1) is 0 Å². The maximum absolute atomic E-state index is 5.31. The topological polar surface area (TPSA) is 18.5 Å². The summed E-state index contributed by atoms with van der Waals surface area (Å²) in [6.07, 6.45) is 2.91. The number of hydrogen-bond acceptors (Lipinski definition) is 2. The monoisotopic (exact) mass is 227 g/mol. The molecule has 4 heteroatoms. The standard InChI is InChI=1S/C11H21N3S/c1-2-12-11(15)14-7-5-13(6-8-14)9-10-3-4-10/h10H,2-9H2,1H3,(H,12,15). The summed E-state index contributed by atoms with van der Waals surface area (Å²) in [7, 11) is 0. The zero-order valence-corrected chi connectivity index (χ0v) is 10.4. The van der Waals surface area contributed by atoms with Crippen molar-refractivity contribution in [1.29, 1.82) is 0 Å². The molecule has 1 heterocycles. The Bertz CT molecular complexity index is 220. The molecule has 2 aliphatic rings. The van der Waals surface area contributed by atoms with Crippen molar-refractivity contribution < 1.29 is 0 Å². The summed E-state index contributed by atoms with van der Waals surface area (Å²) >= 11 is 5.31. The number of rotatable bonds is 3. The highest BCUT2D eigenvalue weighted by Crippen LogP contribution is 2.29. The third-order valence-electron chi connectivity index (χ3n) is 3.20. The normalized spacial score (nSPS) is 22.9. The summed E-state index contributed by atoms with van der Waals surface area (Å²) in [6.45, 7) is 8.90. The van der Waals surface area contributed by atoms with Crippen molar-refractivity contribution in [2.24, 2.45) is 5.92 Å². The van der Waals surface area contributed by atoms with Gasteiger partial charge in [0.05, 0.1) is 0 Å². The zero-order valence-electron chi connectivity index (χ0n) is 9.54. The predicted octanol–water partition coefficient (Wildman–Crippen LogP) is 0.908. The zero-order chi connectivity index (χ0) is 10.7. The van der Waals surface area contributed by atoms with E-state index in [1.807, 2.05) is 0 Å². The molecule has 1 aliphatic heterocycles. The molecule has 0 radical (unpaired) electrons. The van der Waals surface area contributed by atoms with Gasteiger partial charge < -0.3 is 10.2 Å². The van der Waals surface area contributed by atoms with Gasteiger partial charge in [-0.3, -0.25) is 4.90 Å². The van der Waals surface area contributed by atoms with E-state index in [1.165, 1.54) is 32.5 Å². The van der Waals surface area contributed by atoms with Crippen molar-refractivity contribution in [2.45, 2.75) is 19.8 Å². The summed E-state index contributed by atoms with van der Waals surface area (Å²) < 4.78 is 0. The minimum absolute atomic E-state index is 0.932. The quantitative estimate of drug-likeness (QED) is 0.722. The van der Waals surface area contributed by atoms with Crippen LogP contribution in [-0.4, -0.2) is 54.2 Å². The van der Waals surface area contributed by atoms with Crippen LogP contribution in [0, 0.1) is 5.92 Å². The molecule has 0 spiro atoms. The molecule has 0 unspecified atom stereocenters. The molecule has 86 valence electrons. The van der Waals surface area contributed by atoms with E-state index in [4.69, 9.17) is 12.2 Å². The third-order valence-corrected chi connectivity index (χ3v) is 3.60. The van der Waals surface area contributed by atoms with E-state index in [9.17, 15) is 0 Å². The van der Waals surface area contributed by atoms with Gasteiger partial charge in [0.25, 0.3) is 0 Å². The van der Waals surface area contributed by atoms with Crippen LogP contribution in [0.3, 0.4) is 0 Å². The summed E-state index contributed by atoms with van der Waals surface area (Å²) in [4.78, 5) is 4.88. The molecule has 0 aromatic rings. The Morgan fingerprint density at radius 3 is 2.47 bits per heavy atom. The van der Waals surface area contributed by atoms with Crippen LogP contribution in [0.25, 0.3) is 0 Å². The summed E-state index contributed by atoms with van der Waals surface area (Å²) in [6, 6.07) is 0. The molecule has 0 amide bonds. The third kappa shape index (κ3) is 3.31. The highest BCUT2D eigenvalue weighted by atomic mass is 32.1. The van der Waals surface area contributed by atoms with E-state index in [2.05, 4.69) is 22.0 Å². The lowest BCUT2D eigenvalue weighted by molar-refractivity contribution is 0.175. The Morgan fingerprint density at radius 2 is 1.93 bits per heavy atom. The van der Waals surface area contributed by atoms with Gasteiger partial charge in [0.15, 0.2) is 5.11 Å². The summed E-state index contributed by atoms with van der Waals surface area (Å²) in [5.74, 6) is 1.01. The Hall–Kier alpha value is -0.350. The van der Waals surface area contributed by atoms with Gasteiger partial charge >= 0.3 is 0 Å². The SMILES string of the molecule is CCNC(=S)N1CCN(CC2CC2)CC1. The smallest absolute Gasteiger partial charge is 0.169 e. The maximum atomic E-state index is 5.31. The molecule has 0 bridgehead atoms. The fourth-order valence-corrected chi connectivity index (χ4v) is 2.39. The van der Waals surface area contributed by atoms with Crippen LogP contribution >= 0.6 is 12.2 Å². The fourth-order valence-electron chi connectivity index (χ4n) is 2.06. The molecule has 0 atom stereocenters. The number of nitrogens with zero attached hydrogens (tertiary/aromatic N) is 2. The van der Waals surface area contributed by atoms with Crippen molar-refractivity contribution in [3.8, 4) is 0 Å². The molecule has 15 heavy (non-hydrogen) atoms. The minimum Gasteiger partial charge on any atom is -0.363 e. The van der Waals surface area contributed by atoms with Gasteiger partial charge in [-0.25, -0.2) is 0 Å². The Kier molecular flexibility index (Phi) is 3.81. The summed E-state index contributed by atoms with van der Waals surface area (Å²) in [5.41, 5.74) is 0. The molecule has 2 rings (SSSR count). The first kappa shape index (κ1) is 11.1.